The van der Waals surface area contributed by atoms with Gasteiger partial charge in [-0.2, -0.15) is 0 Å². The molecule has 0 bridgehead atoms. The van der Waals surface area contributed by atoms with E-state index in [1.807, 2.05) is 18.2 Å². The fourth-order valence-electron chi connectivity index (χ4n) is 6.40. The lowest BCUT2D eigenvalue weighted by atomic mass is 9.57. The van der Waals surface area contributed by atoms with Crippen LogP contribution in [-0.4, -0.2) is 30.1 Å². The number of allylic oxidation sites excluding steroid dienone is 1. The molecular weight excluding hydrogens is 481 g/mol. The molecule has 5 rings (SSSR count). The van der Waals surface area contributed by atoms with E-state index in [0.717, 1.165) is 29.7 Å². The molecule has 2 saturated carbocycles. The number of pyridine rings is 1. The van der Waals surface area contributed by atoms with Crippen LogP contribution in [0, 0.1) is 48.3 Å². The van der Waals surface area contributed by atoms with Crippen molar-refractivity contribution in [3.63, 3.8) is 0 Å². The summed E-state index contributed by atoms with van der Waals surface area (Å²) >= 11 is 0. The van der Waals surface area contributed by atoms with Gasteiger partial charge in [0.15, 0.2) is 0 Å². The zero-order chi connectivity index (χ0) is 27.5. The van der Waals surface area contributed by atoms with Crippen molar-refractivity contribution in [2.24, 2.45) is 29.6 Å². The number of cyclic esters (lactones) is 1. The molecule has 6 heteroatoms. The molecule has 38 heavy (non-hydrogen) atoms. The summed E-state index contributed by atoms with van der Waals surface area (Å²) in [4.78, 5) is 26.4. The van der Waals surface area contributed by atoms with Crippen LogP contribution in [-0.2, 0) is 19.1 Å². The van der Waals surface area contributed by atoms with E-state index >= 15 is 0 Å². The van der Waals surface area contributed by atoms with Crippen molar-refractivity contribution in [1.29, 1.82) is 0 Å². The maximum atomic E-state index is 13.5. The second-order valence-corrected chi connectivity index (χ2v) is 9.98. The molecule has 6 atom stereocenters. The van der Waals surface area contributed by atoms with Crippen LogP contribution < -0.4 is 0 Å². The topological polar surface area (TPSA) is 65.5 Å². The van der Waals surface area contributed by atoms with Gasteiger partial charge in [0.25, 0.3) is 6.47 Å². The lowest BCUT2D eigenvalue weighted by molar-refractivity contribution is -0.145. The second-order valence-electron chi connectivity index (χ2n) is 9.98. The maximum Gasteiger partial charge on any atom is 0.309 e. The first kappa shape index (κ1) is 29.1. The highest BCUT2D eigenvalue weighted by atomic mass is 19.1. The third kappa shape index (κ3) is 6.89. The Labute approximate surface area is 225 Å². The van der Waals surface area contributed by atoms with Gasteiger partial charge in [-0.3, -0.25) is 14.6 Å². The number of rotatable bonds is 6. The van der Waals surface area contributed by atoms with E-state index in [1.54, 1.807) is 19.2 Å². The molecule has 1 aromatic heterocycles. The molecule has 2 aliphatic carbocycles. The van der Waals surface area contributed by atoms with E-state index < -0.39 is 0 Å². The van der Waals surface area contributed by atoms with Gasteiger partial charge < -0.3 is 9.47 Å². The number of nitrogens with zero attached hydrogens (tertiary/aromatic N) is 1. The molecule has 0 radical (unpaired) electrons. The average Bonchev–Trinajstić information content (AvgIpc) is 3.28. The Hall–Kier alpha value is -3.46. The summed E-state index contributed by atoms with van der Waals surface area (Å²) in [7, 11) is 0. The molecule has 1 aromatic carbocycles. The second kappa shape index (κ2) is 14.5. The van der Waals surface area contributed by atoms with Gasteiger partial charge in [-0.25, -0.2) is 4.39 Å². The first-order valence-electron chi connectivity index (χ1n) is 13.5. The number of ether oxygens (including phenoxy) is 2. The number of hydrogen-bond acceptors (Lipinski definition) is 5. The smallest absolute Gasteiger partial charge is 0.309 e. The van der Waals surface area contributed by atoms with Crippen LogP contribution in [0.3, 0.4) is 0 Å². The van der Waals surface area contributed by atoms with Crippen molar-refractivity contribution in [1.82, 2.24) is 4.98 Å². The van der Waals surface area contributed by atoms with Crippen LogP contribution in [0.2, 0.25) is 0 Å². The largest absolute Gasteiger partial charge is 0.468 e. The maximum absolute atomic E-state index is 13.5. The van der Waals surface area contributed by atoms with Crippen LogP contribution in [0.15, 0.2) is 48.7 Å². The van der Waals surface area contributed by atoms with Crippen molar-refractivity contribution < 1.29 is 23.5 Å². The number of carbonyl (C=O) groups is 2. The molecule has 0 amide bonds. The summed E-state index contributed by atoms with van der Waals surface area (Å²) in [5, 5.41) is 0. The fraction of sp³-hybridized carbons (Fsp3) is 0.469. The summed E-state index contributed by atoms with van der Waals surface area (Å²) in [5.74, 6) is 1.77. The number of halogens is 1. The highest BCUT2D eigenvalue weighted by Gasteiger charge is 2.54. The minimum atomic E-state index is -0.242. The third-order valence-corrected chi connectivity index (χ3v) is 8.00. The minimum Gasteiger partial charge on any atom is -0.468 e. The van der Waals surface area contributed by atoms with Gasteiger partial charge in [-0.15, -0.1) is 12.8 Å². The Balaban J connectivity index is 0.000000515. The van der Waals surface area contributed by atoms with Gasteiger partial charge >= 0.3 is 5.97 Å². The van der Waals surface area contributed by atoms with Gasteiger partial charge in [0.2, 0.25) is 0 Å². The first-order chi connectivity index (χ1) is 18.5. The molecule has 0 spiro atoms. The molecule has 3 fully saturated rings. The highest BCUT2D eigenvalue weighted by Crippen LogP contribution is 2.54. The zero-order valence-electron chi connectivity index (χ0n) is 22.3. The normalized spacial score (nSPS) is 27.4. The summed E-state index contributed by atoms with van der Waals surface area (Å²) in [6.45, 7) is 4.79. The fourth-order valence-corrected chi connectivity index (χ4v) is 6.40. The summed E-state index contributed by atoms with van der Waals surface area (Å²) in [5.41, 5.74) is 2.63. The van der Waals surface area contributed by atoms with E-state index in [0.29, 0.717) is 36.8 Å². The van der Waals surface area contributed by atoms with Gasteiger partial charge in [0.05, 0.1) is 18.2 Å². The number of hydrogen-bond donors (Lipinski definition) is 0. The van der Waals surface area contributed by atoms with Gasteiger partial charge in [-0.05, 0) is 73.8 Å². The van der Waals surface area contributed by atoms with Crippen LogP contribution >= 0.6 is 0 Å². The van der Waals surface area contributed by atoms with Gasteiger partial charge in [-0.1, -0.05) is 50.5 Å². The molecule has 1 aliphatic heterocycles. The van der Waals surface area contributed by atoms with Crippen LogP contribution in [0.1, 0.15) is 58.1 Å². The third-order valence-electron chi connectivity index (χ3n) is 8.00. The van der Waals surface area contributed by atoms with Crippen molar-refractivity contribution in [2.75, 3.05) is 6.61 Å². The molecule has 5 nitrogen and oxygen atoms in total. The average molecular weight is 520 g/mol. The number of benzene rings is 1. The van der Waals surface area contributed by atoms with Crippen LogP contribution in [0.25, 0.3) is 17.2 Å². The number of esters is 1. The predicted octanol–water partition coefficient (Wildman–Crippen LogP) is 6.72. The Morgan fingerprint density at radius 1 is 1.13 bits per heavy atom. The van der Waals surface area contributed by atoms with E-state index in [2.05, 4.69) is 41.6 Å². The number of carbonyl (C=O) groups excluding carboxylic acids is 2. The quantitative estimate of drug-likeness (QED) is 0.241. The lowest BCUT2D eigenvalue weighted by Gasteiger charge is -2.46. The van der Waals surface area contributed by atoms with E-state index in [4.69, 9.17) is 4.74 Å². The van der Waals surface area contributed by atoms with E-state index in [1.165, 1.54) is 37.8 Å². The Bertz CT molecular complexity index is 1100. The summed E-state index contributed by atoms with van der Waals surface area (Å²) < 4.78 is 23.5. The first-order valence-corrected chi connectivity index (χ1v) is 13.5. The predicted molar refractivity (Wildman–Crippen MR) is 147 cm³/mol. The minimum absolute atomic E-state index is 0.0249. The Kier molecular flexibility index (Phi) is 11.1. The SMILES string of the molecule is C#C.CCOC=O.CC[C@@H]1OC(=O)C2CC3CCCCC3[C@H](/C=C/c3ccc(-c4cccc(F)c4)cn3)C21. The number of fused-ring (bicyclic) bond motifs is 2. The summed E-state index contributed by atoms with van der Waals surface area (Å²) in [6.07, 6.45) is 21.2. The van der Waals surface area contributed by atoms with Gasteiger partial charge in [0.1, 0.15) is 11.9 Å². The number of terminal acetylenes is 1. The molecule has 4 unspecified atom stereocenters. The monoisotopic (exact) mass is 519 g/mol. The van der Waals surface area contributed by atoms with Gasteiger partial charge in [0, 0.05) is 17.7 Å². The van der Waals surface area contributed by atoms with Crippen molar-refractivity contribution in [3.05, 3.63) is 60.2 Å². The highest BCUT2D eigenvalue weighted by molar-refractivity contribution is 5.75. The molecular formula is C32H38FNO4. The van der Waals surface area contributed by atoms with Crippen LogP contribution in [0.4, 0.5) is 4.39 Å². The van der Waals surface area contributed by atoms with Crippen LogP contribution in [0.5, 0.6) is 0 Å². The standard InChI is InChI=1S/C27H30FNO2.C3H6O2.C2H2/c1-2-25-26-23(22-9-4-3-6-18(22)15-24(26)27(30)31-25)13-12-21-11-10-19(16-29-21)17-7-5-8-20(28)14-17;1-2-5-3-4;1-2/h5,7-8,10-14,16,18,22-26H,2-4,6,9,15H2,1H3;3H,2H2,1H3;1-2H/b13-12+;;/t18?,22?,23-,24?,25-,26?;;/m0../s1. The Morgan fingerprint density at radius 2 is 1.92 bits per heavy atom. The van der Waals surface area contributed by atoms with Crippen molar-refractivity contribution in [3.8, 4) is 24.0 Å². The van der Waals surface area contributed by atoms with E-state index in [-0.39, 0.29) is 23.8 Å². The molecule has 2 aromatic rings. The molecule has 3 aliphatic rings. The molecule has 202 valence electrons. The molecule has 1 saturated heterocycles. The van der Waals surface area contributed by atoms with Crippen molar-refractivity contribution in [2.45, 2.75) is 58.5 Å². The zero-order valence-corrected chi connectivity index (χ0v) is 22.3. The number of aromatic nitrogens is 1. The lowest BCUT2D eigenvalue weighted by Crippen LogP contribution is -2.43. The molecule has 2 heterocycles. The summed E-state index contributed by atoms with van der Waals surface area (Å²) in [6, 6.07) is 10.6. The molecule has 0 N–H and O–H groups in total. The Morgan fingerprint density at radius 3 is 2.55 bits per heavy atom. The van der Waals surface area contributed by atoms with Crippen molar-refractivity contribution >= 4 is 18.5 Å². The van der Waals surface area contributed by atoms with E-state index in [9.17, 15) is 14.0 Å².